The molecule has 0 spiro atoms. The number of carbonyl (C=O) groups is 3. The van der Waals surface area contributed by atoms with Crippen molar-refractivity contribution >= 4 is 52.0 Å². The van der Waals surface area contributed by atoms with Crippen LogP contribution >= 0.6 is 11.6 Å². The van der Waals surface area contributed by atoms with Crippen molar-refractivity contribution < 1.29 is 23.9 Å². The van der Waals surface area contributed by atoms with E-state index in [0.29, 0.717) is 34.4 Å². The van der Waals surface area contributed by atoms with Crippen molar-refractivity contribution in [2.45, 2.75) is 6.61 Å². The molecule has 4 aromatic rings. The van der Waals surface area contributed by atoms with Crippen molar-refractivity contribution in [3.05, 3.63) is 107 Å². The lowest BCUT2D eigenvalue weighted by atomic mass is 10.1. The van der Waals surface area contributed by atoms with E-state index in [1.807, 2.05) is 30.3 Å². The van der Waals surface area contributed by atoms with Crippen molar-refractivity contribution in [2.75, 3.05) is 12.0 Å². The Morgan fingerprint density at radius 1 is 0.865 bits per heavy atom. The van der Waals surface area contributed by atoms with Gasteiger partial charge in [-0.25, -0.2) is 9.69 Å². The van der Waals surface area contributed by atoms with Gasteiger partial charge in [-0.1, -0.05) is 54.1 Å². The number of rotatable bonds is 6. The van der Waals surface area contributed by atoms with Crippen LogP contribution in [0.2, 0.25) is 5.02 Å². The maximum Gasteiger partial charge on any atom is 0.335 e. The summed E-state index contributed by atoms with van der Waals surface area (Å²) in [6.07, 6.45) is 1.41. The molecule has 0 bridgehead atoms. The van der Waals surface area contributed by atoms with Gasteiger partial charge in [-0.2, -0.15) is 0 Å². The van der Waals surface area contributed by atoms with Gasteiger partial charge in [0.15, 0.2) is 11.5 Å². The average molecular weight is 513 g/mol. The lowest BCUT2D eigenvalue weighted by Crippen LogP contribution is -2.54. The largest absolute Gasteiger partial charge is 0.493 e. The van der Waals surface area contributed by atoms with Crippen LogP contribution < -0.4 is 19.7 Å². The Kier molecular flexibility index (Phi) is 6.62. The van der Waals surface area contributed by atoms with Gasteiger partial charge in [0.25, 0.3) is 11.8 Å². The Bertz CT molecular complexity index is 1560. The minimum Gasteiger partial charge on any atom is -0.493 e. The highest BCUT2D eigenvalue weighted by molar-refractivity contribution is 6.39. The number of benzene rings is 4. The van der Waals surface area contributed by atoms with Crippen LogP contribution in [-0.4, -0.2) is 25.0 Å². The van der Waals surface area contributed by atoms with E-state index in [0.717, 1.165) is 21.2 Å². The number of methoxy groups -OCH3 is 1. The molecule has 7 nitrogen and oxygen atoms in total. The van der Waals surface area contributed by atoms with Gasteiger partial charge in [-0.15, -0.1) is 0 Å². The molecule has 1 saturated heterocycles. The normalized spacial score (nSPS) is 14.7. The molecule has 1 aliphatic heterocycles. The predicted octanol–water partition coefficient (Wildman–Crippen LogP) is 5.75. The first-order valence-corrected chi connectivity index (χ1v) is 11.8. The molecule has 0 radical (unpaired) electrons. The Morgan fingerprint density at radius 2 is 1.62 bits per heavy atom. The van der Waals surface area contributed by atoms with Gasteiger partial charge in [0.05, 0.1) is 12.8 Å². The molecule has 1 N–H and O–H groups in total. The van der Waals surface area contributed by atoms with Crippen LogP contribution in [0.1, 0.15) is 11.1 Å². The van der Waals surface area contributed by atoms with Crippen LogP contribution in [0.25, 0.3) is 16.8 Å². The van der Waals surface area contributed by atoms with E-state index in [1.165, 1.54) is 25.3 Å². The molecule has 0 aromatic heterocycles. The Hall–Kier alpha value is -4.62. The number of anilines is 1. The number of fused-ring (bicyclic) bond motifs is 1. The minimum atomic E-state index is -0.829. The fourth-order valence-corrected chi connectivity index (χ4v) is 4.16. The summed E-state index contributed by atoms with van der Waals surface area (Å²) in [7, 11) is 1.51. The molecule has 1 aliphatic rings. The smallest absolute Gasteiger partial charge is 0.335 e. The number of imide groups is 2. The molecule has 8 heteroatoms. The first kappa shape index (κ1) is 24.1. The lowest BCUT2D eigenvalue weighted by molar-refractivity contribution is -0.122. The van der Waals surface area contributed by atoms with Gasteiger partial charge < -0.3 is 9.47 Å². The summed E-state index contributed by atoms with van der Waals surface area (Å²) in [6.45, 7) is 0.334. The molecule has 184 valence electrons. The van der Waals surface area contributed by atoms with Gasteiger partial charge in [-0.3, -0.25) is 14.9 Å². The molecule has 4 amide bonds. The maximum atomic E-state index is 13.1. The zero-order chi connectivity index (χ0) is 25.9. The predicted molar refractivity (Wildman–Crippen MR) is 142 cm³/mol. The van der Waals surface area contributed by atoms with E-state index in [1.54, 1.807) is 30.3 Å². The number of hydrogen-bond donors (Lipinski definition) is 1. The standard InChI is InChI=1S/C29H21ClN2O5/c1-36-26-16-18(7-13-25(26)37-17-19-6-8-20-4-2-3-5-21(20)14-19)15-24-27(33)31-29(35)32(28(24)34)23-11-9-22(30)10-12-23/h2-16H,17H2,1H3,(H,31,33,35)/b24-15+. The van der Waals surface area contributed by atoms with Gasteiger partial charge >= 0.3 is 6.03 Å². The highest BCUT2D eigenvalue weighted by Gasteiger charge is 2.36. The first-order valence-electron chi connectivity index (χ1n) is 11.4. The van der Waals surface area contributed by atoms with Crippen LogP contribution in [-0.2, 0) is 16.2 Å². The zero-order valence-corrected chi connectivity index (χ0v) is 20.5. The van der Waals surface area contributed by atoms with E-state index in [2.05, 4.69) is 17.4 Å². The third-order valence-electron chi connectivity index (χ3n) is 5.89. The average Bonchev–Trinajstić information content (AvgIpc) is 2.91. The SMILES string of the molecule is COc1cc(/C=C2\C(=O)NC(=O)N(c3ccc(Cl)cc3)C2=O)ccc1OCc1ccc2ccccc2c1. The molecule has 4 aromatic carbocycles. The molecular weight excluding hydrogens is 492 g/mol. The number of nitrogens with one attached hydrogen (secondary N) is 1. The quantitative estimate of drug-likeness (QED) is 0.263. The number of ether oxygens (including phenoxy) is 2. The van der Waals surface area contributed by atoms with Gasteiger partial charge in [0, 0.05) is 5.02 Å². The molecule has 0 aliphatic carbocycles. The van der Waals surface area contributed by atoms with Crippen molar-refractivity contribution in [1.29, 1.82) is 0 Å². The van der Waals surface area contributed by atoms with Gasteiger partial charge in [0.1, 0.15) is 12.2 Å². The number of urea groups is 1. The number of hydrogen-bond acceptors (Lipinski definition) is 5. The van der Waals surface area contributed by atoms with Crippen LogP contribution in [0.3, 0.4) is 0 Å². The van der Waals surface area contributed by atoms with E-state index in [9.17, 15) is 14.4 Å². The van der Waals surface area contributed by atoms with Gasteiger partial charge in [0.2, 0.25) is 0 Å². The summed E-state index contributed by atoms with van der Waals surface area (Å²) in [5.74, 6) is -0.581. The number of amides is 4. The van der Waals surface area contributed by atoms with E-state index >= 15 is 0 Å². The van der Waals surface area contributed by atoms with Crippen molar-refractivity contribution in [1.82, 2.24) is 5.32 Å². The molecule has 1 heterocycles. The summed E-state index contributed by atoms with van der Waals surface area (Å²) in [4.78, 5) is 38.9. The van der Waals surface area contributed by atoms with Crippen molar-refractivity contribution in [3.63, 3.8) is 0 Å². The molecule has 0 atom stereocenters. The molecule has 0 saturated carbocycles. The Labute approximate surface area is 217 Å². The van der Waals surface area contributed by atoms with E-state index in [-0.39, 0.29) is 5.57 Å². The summed E-state index contributed by atoms with van der Waals surface area (Å²) in [5.41, 5.74) is 1.63. The third-order valence-corrected chi connectivity index (χ3v) is 6.15. The van der Waals surface area contributed by atoms with Crippen LogP contribution in [0.5, 0.6) is 11.5 Å². The Morgan fingerprint density at radius 3 is 2.38 bits per heavy atom. The van der Waals surface area contributed by atoms with E-state index < -0.39 is 17.8 Å². The summed E-state index contributed by atoms with van der Waals surface area (Å²) in [5, 5.41) is 4.93. The monoisotopic (exact) mass is 512 g/mol. The summed E-state index contributed by atoms with van der Waals surface area (Å²) in [6, 6.07) is 24.6. The second kappa shape index (κ2) is 10.2. The topological polar surface area (TPSA) is 84.9 Å². The number of carbonyl (C=O) groups excluding carboxylic acids is 3. The van der Waals surface area contributed by atoms with Crippen molar-refractivity contribution in [2.24, 2.45) is 0 Å². The second-order valence-corrected chi connectivity index (χ2v) is 8.75. The summed E-state index contributed by atoms with van der Waals surface area (Å²) >= 11 is 5.91. The van der Waals surface area contributed by atoms with Crippen molar-refractivity contribution in [3.8, 4) is 11.5 Å². The fraction of sp³-hybridized carbons (Fsp3) is 0.0690. The van der Waals surface area contributed by atoms with Crippen LogP contribution in [0.15, 0.2) is 90.5 Å². The lowest BCUT2D eigenvalue weighted by Gasteiger charge is -2.26. The number of barbiturate groups is 1. The Balaban J connectivity index is 1.38. The molecule has 37 heavy (non-hydrogen) atoms. The second-order valence-electron chi connectivity index (χ2n) is 8.31. The highest BCUT2D eigenvalue weighted by Crippen LogP contribution is 2.31. The fourth-order valence-electron chi connectivity index (χ4n) is 4.03. The van der Waals surface area contributed by atoms with Gasteiger partial charge in [-0.05, 0) is 70.4 Å². The third kappa shape index (κ3) is 5.03. The van der Waals surface area contributed by atoms with Crippen LogP contribution in [0, 0.1) is 0 Å². The summed E-state index contributed by atoms with van der Waals surface area (Å²) < 4.78 is 11.5. The molecule has 1 fully saturated rings. The molecule has 0 unspecified atom stereocenters. The highest BCUT2D eigenvalue weighted by atomic mass is 35.5. The zero-order valence-electron chi connectivity index (χ0n) is 19.7. The number of nitrogens with zero attached hydrogens (tertiary/aromatic N) is 1. The minimum absolute atomic E-state index is 0.193. The molecule has 5 rings (SSSR count). The molecular formula is C29H21ClN2O5. The van der Waals surface area contributed by atoms with Crippen LogP contribution in [0.4, 0.5) is 10.5 Å². The van der Waals surface area contributed by atoms with E-state index in [4.69, 9.17) is 21.1 Å². The number of halogens is 1. The maximum absolute atomic E-state index is 13.1. The first-order chi connectivity index (χ1) is 17.9.